The quantitative estimate of drug-likeness (QED) is 0.839. The summed E-state index contributed by atoms with van der Waals surface area (Å²) in [6.45, 7) is 2.96. The second kappa shape index (κ2) is 8.47. The van der Waals surface area contributed by atoms with Crippen LogP contribution in [0.2, 0.25) is 0 Å². The molecule has 2 unspecified atom stereocenters. The highest BCUT2D eigenvalue weighted by Gasteiger charge is 2.33. The fraction of sp³-hybridized carbons (Fsp3) is 0.500. The summed E-state index contributed by atoms with van der Waals surface area (Å²) in [6.07, 6.45) is 2.76. The Hall–Kier alpha value is -2.37. The Morgan fingerprint density at radius 3 is 2.67 bits per heavy atom. The first kappa shape index (κ1) is 18.0. The van der Waals surface area contributed by atoms with Gasteiger partial charge in [-0.05, 0) is 24.8 Å². The topological polar surface area (TPSA) is 69.7 Å². The van der Waals surface area contributed by atoms with Crippen LogP contribution in [0.25, 0.3) is 0 Å². The van der Waals surface area contributed by atoms with E-state index in [0.717, 1.165) is 17.7 Å². The number of likely N-dealkylation sites (N-methyl/N-ethyl adjacent to an activating group) is 1. The molecule has 0 bridgehead atoms. The predicted molar refractivity (Wildman–Crippen MR) is 91.4 cm³/mol. The van der Waals surface area contributed by atoms with E-state index in [9.17, 15) is 14.4 Å². The fourth-order valence-electron chi connectivity index (χ4n) is 3.24. The molecule has 1 fully saturated rings. The van der Waals surface area contributed by atoms with E-state index in [1.54, 1.807) is 11.8 Å². The maximum absolute atomic E-state index is 12.8. The molecular weight excluding hydrogens is 306 g/mol. The molecule has 0 spiro atoms. The average Bonchev–Trinajstić information content (AvgIpc) is 2.65. The molecule has 1 aromatic carbocycles. The van der Waals surface area contributed by atoms with Gasteiger partial charge in [0.1, 0.15) is 6.04 Å². The van der Waals surface area contributed by atoms with Gasteiger partial charge in [-0.3, -0.25) is 14.5 Å². The van der Waals surface area contributed by atoms with E-state index in [1.165, 1.54) is 12.6 Å². The van der Waals surface area contributed by atoms with Gasteiger partial charge in [-0.1, -0.05) is 37.3 Å². The van der Waals surface area contributed by atoms with Crippen molar-refractivity contribution in [3.8, 4) is 0 Å². The molecule has 130 valence electrons. The summed E-state index contributed by atoms with van der Waals surface area (Å²) in [7, 11) is 1.50. The molecule has 6 nitrogen and oxygen atoms in total. The van der Waals surface area contributed by atoms with E-state index in [4.69, 9.17) is 0 Å². The number of benzene rings is 1. The van der Waals surface area contributed by atoms with Crippen molar-refractivity contribution in [1.82, 2.24) is 15.1 Å². The molecule has 1 N–H and O–H groups in total. The Bertz CT molecular complexity index is 576. The average molecular weight is 331 g/mol. The molecule has 1 saturated heterocycles. The number of hydrogen-bond donors (Lipinski definition) is 1. The maximum atomic E-state index is 12.8. The SMILES string of the molecule is CCC(C(=O)NC)N(C=O)C(=O)N1CCCC(c2ccccc2)C1. The summed E-state index contributed by atoms with van der Waals surface area (Å²) in [5.41, 5.74) is 1.20. The largest absolute Gasteiger partial charge is 0.357 e. The Kier molecular flexibility index (Phi) is 6.35. The van der Waals surface area contributed by atoms with Crippen LogP contribution in [0, 0.1) is 0 Å². The summed E-state index contributed by atoms with van der Waals surface area (Å²) in [4.78, 5) is 38.9. The van der Waals surface area contributed by atoms with E-state index in [-0.39, 0.29) is 17.9 Å². The third-order valence-electron chi connectivity index (χ3n) is 4.57. The second-order valence-corrected chi connectivity index (χ2v) is 6.03. The first-order valence-electron chi connectivity index (χ1n) is 8.41. The number of rotatable bonds is 5. The molecule has 24 heavy (non-hydrogen) atoms. The van der Waals surface area contributed by atoms with Crippen LogP contribution in [0.1, 0.15) is 37.7 Å². The highest BCUT2D eigenvalue weighted by atomic mass is 16.2. The molecule has 0 aromatic heterocycles. The lowest BCUT2D eigenvalue weighted by atomic mass is 9.91. The van der Waals surface area contributed by atoms with Gasteiger partial charge in [-0.2, -0.15) is 0 Å². The van der Waals surface area contributed by atoms with Crippen molar-refractivity contribution >= 4 is 18.3 Å². The Morgan fingerprint density at radius 2 is 2.08 bits per heavy atom. The van der Waals surface area contributed by atoms with Crippen molar-refractivity contribution in [2.24, 2.45) is 0 Å². The number of hydrogen-bond acceptors (Lipinski definition) is 3. The molecule has 0 radical (unpaired) electrons. The van der Waals surface area contributed by atoms with Gasteiger partial charge in [0.2, 0.25) is 12.3 Å². The Balaban J connectivity index is 2.12. The summed E-state index contributed by atoms with van der Waals surface area (Å²) >= 11 is 0. The lowest BCUT2D eigenvalue weighted by Crippen LogP contribution is -2.54. The number of amides is 4. The van der Waals surface area contributed by atoms with Gasteiger partial charge in [-0.25, -0.2) is 4.79 Å². The summed E-state index contributed by atoms with van der Waals surface area (Å²) in [5, 5.41) is 2.51. The third kappa shape index (κ3) is 3.93. The van der Waals surface area contributed by atoms with E-state index in [2.05, 4.69) is 17.4 Å². The van der Waals surface area contributed by atoms with Crippen molar-refractivity contribution in [3.63, 3.8) is 0 Å². The lowest BCUT2D eigenvalue weighted by molar-refractivity contribution is -0.130. The van der Waals surface area contributed by atoms with Crippen LogP contribution in [0.4, 0.5) is 4.79 Å². The molecule has 0 saturated carbocycles. The standard InChI is InChI=1S/C18H25N3O3/c1-3-16(17(23)19-2)21(13-22)18(24)20-11-7-10-15(12-20)14-8-5-4-6-9-14/h4-6,8-9,13,15-16H,3,7,10-12H2,1-2H3,(H,19,23). The van der Waals surface area contributed by atoms with Crippen molar-refractivity contribution in [3.05, 3.63) is 35.9 Å². The lowest BCUT2D eigenvalue weighted by Gasteiger charge is -2.36. The van der Waals surface area contributed by atoms with Crippen LogP contribution < -0.4 is 5.32 Å². The molecule has 1 heterocycles. The number of nitrogens with one attached hydrogen (secondary N) is 1. The zero-order valence-electron chi connectivity index (χ0n) is 14.3. The van der Waals surface area contributed by atoms with Crippen LogP contribution in [-0.2, 0) is 9.59 Å². The number of piperidine rings is 1. The van der Waals surface area contributed by atoms with Crippen molar-refractivity contribution in [2.75, 3.05) is 20.1 Å². The van der Waals surface area contributed by atoms with Crippen LogP contribution in [0.5, 0.6) is 0 Å². The normalized spacial score (nSPS) is 18.6. The summed E-state index contributed by atoms with van der Waals surface area (Å²) in [5.74, 6) is -0.0629. The molecule has 4 amide bonds. The Morgan fingerprint density at radius 1 is 1.38 bits per heavy atom. The first-order valence-corrected chi connectivity index (χ1v) is 8.41. The van der Waals surface area contributed by atoms with Gasteiger partial charge in [0.05, 0.1) is 0 Å². The molecule has 2 atom stereocenters. The minimum absolute atomic E-state index is 0.262. The van der Waals surface area contributed by atoms with E-state index in [1.807, 2.05) is 18.2 Å². The molecule has 2 rings (SSSR count). The number of urea groups is 1. The van der Waals surface area contributed by atoms with Crippen molar-refractivity contribution < 1.29 is 14.4 Å². The van der Waals surface area contributed by atoms with Crippen molar-refractivity contribution in [2.45, 2.75) is 38.1 Å². The highest BCUT2D eigenvalue weighted by Crippen LogP contribution is 2.27. The smallest absolute Gasteiger partial charge is 0.327 e. The number of likely N-dealkylation sites (tertiary alicyclic amines) is 1. The van der Waals surface area contributed by atoms with E-state index < -0.39 is 6.04 Å². The summed E-state index contributed by atoms with van der Waals surface area (Å²) < 4.78 is 0. The van der Waals surface area contributed by atoms with Crippen LogP contribution >= 0.6 is 0 Å². The molecule has 1 aliphatic heterocycles. The van der Waals surface area contributed by atoms with Crippen molar-refractivity contribution in [1.29, 1.82) is 0 Å². The van der Waals surface area contributed by atoms with Crippen LogP contribution in [0.15, 0.2) is 30.3 Å². The van der Waals surface area contributed by atoms with Gasteiger partial charge in [-0.15, -0.1) is 0 Å². The number of carbonyl (C=O) groups excluding carboxylic acids is 3. The van der Waals surface area contributed by atoms with Gasteiger partial charge in [0.25, 0.3) is 0 Å². The maximum Gasteiger partial charge on any atom is 0.327 e. The predicted octanol–water partition coefficient (Wildman–Crippen LogP) is 1.97. The number of carbonyl (C=O) groups is 3. The summed E-state index contributed by atoms with van der Waals surface area (Å²) in [6, 6.07) is 8.93. The zero-order valence-corrected chi connectivity index (χ0v) is 14.3. The van der Waals surface area contributed by atoms with Crippen LogP contribution in [0.3, 0.4) is 0 Å². The van der Waals surface area contributed by atoms with E-state index in [0.29, 0.717) is 25.9 Å². The second-order valence-electron chi connectivity index (χ2n) is 6.03. The van der Waals surface area contributed by atoms with Gasteiger partial charge in [0.15, 0.2) is 0 Å². The molecule has 6 heteroatoms. The number of imide groups is 1. The fourth-order valence-corrected chi connectivity index (χ4v) is 3.24. The zero-order chi connectivity index (χ0) is 17.5. The molecule has 1 aliphatic rings. The van der Waals surface area contributed by atoms with Gasteiger partial charge >= 0.3 is 6.03 Å². The monoisotopic (exact) mass is 331 g/mol. The first-order chi connectivity index (χ1) is 11.6. The molecule has 1 aromatic rings. The molecule has 0 aliphatic carbocycles. The van der Waals surface area contributed by atoms with E-state index >= 15 is 0 Å². The minimum atomic E-state index is -0.767. The van der Waals surface area contributed by atoms with Crippen LogP contribution in [-0.4, -0.2) is 54.3 Å². The highest BCUT2D eigenvalue weighted by molar-refractivity contribution is 5.93. The van der Waals surface area contributed by atoms with Gasteiger partial charge < -0.3 is 10.2 Å². The Labute approximate surface area is 142 Å². The van der Waals surface area contributed by atoms with Gasteiger partial charge in [0, 0.05) is 26.1 Å². The number of nitrogens with zero attached hydrogens (tertiary/aromatic N) is 2. The third-order valence-corrected chi connectivity index (χ3v) is 4.57. The minimum Gasteiger partial charge on any atom is -0.357 e. The molecular formula is C18H25N3O3.